The van der Waals surface area contributed by atoms with Crippen LogP contribution in [0.25, 0.3) is 0 Å². The van der Waals surface area contributed by atoms with Crippen molar-refractivity contribution in [1.29, 1.82) is 0 Å². The summed E-state index contributed by atoms with van der Waals surface area (Å²) >= 11 is 0. The average molecular weight is 261 g/mol. The molecule has 3 nitrogen and oxygen atoms in total. The van der Waals surface area contributed by atoms with Gasteiger partial charge in [-0.1, -0.05) is 26.7 Å². The number of hydrogen-bond acceptors (Lipinski definition) is 3. The predicted octanol–water partition coefficient (Wildman–Crippen LogP) is 3.92. The van der Waals surface area contributed by atoms with Gasteiger partial charge in [0.1, 0.15) is 5.82 Å². The number of nitrogens with one attached hydrogen (secondary N) is 1. The van der Waals surface area contributed by atoms with E-state index in [0.29, 0.717) is 0 Å². The van der Waals surface area contributed by atoms with Crippen LogP contribution in [-0.2, 0) is 0 Å². The van der Waals surface area contributed by atoms with Crippen molar-refractivity contribution in [2.45, 2.75) is 46.0 Å². The van der Waals surface area contributed by atoms with Gasteiger partial charge in [0.2, 0.25) is 0 Å². The van der Waals surface area contributed by atoms with Crippen molar-refractivity contribution < 1.29 is 0 Å². The number of nitrogens with zero attached hydrogens (tertiary/aromatic N) is 2. The Morgan fingerprint density at radius 1 is 1.16 bits per heavy atom. The zero-order valence-electron chi connectivity index (χ0n) is 12.4. The second kappa shape index (κ2) is 7.37. The molecule has 0 bridgehead atoms. The zero-order chi connectivity index (χ0) is 13.5. The molecule has 3 heteroatoms. The smallest absolute Gasteiger partial charge is 0.128 e. The number of anilines is 2. The SMILES string of the molecule is CCC(CC)CNc1ccc(N2CCCCC2)nc1. The Morgan fingerprint density at radius 2 is 1.89 bits per heavy atom. The highest BCUT2D eigenvalue weighted by Gasteiger charge is 2.11. The molecule has 0 unspecified atom stereocenters. The van der Waals surface area contributed by atoms with Crippen molar-refractivity contribution in [3.8, 4) is 0 Å². The van der Waals surface area contributed by atoms with Crippen molar-refractivity contribution in [1.82, 2.24) is 4.98 Å². The molecule has 19 heavy (non-hydrogen) atoms. The highest BCUT2D eigenvalue weighted by atomic mass is 15.2. The Bertz CT molecular complexity index is 351. The molecule has 1 N–H and O–H groups in total. The van der Waals surface area contributed by atoms with Crippen LogP contribution in [-0.4, -0.2) is 24.6 Å². The van der Waals surface area contributed by atoms with Crippen molar-refractivity contribution in [2.75, 3.05) is 29.9 Å². The minimum absolute atomic E-state index is 0.766. The zero-order valence-corrected chi connectivity index (χ0v) is 12.4. The molecule has 0 atom stereocenters. The van der Waals surface area contributed by atoms with Crippen LogP contribution in [0.2, 0.25) is 0 Å². The fraction of sp³-hybridized carbons (Fsp3) is 0.688. The molecule has 1 aliphatic rings. The van der Waals surface area contributed by atoms with Gasteiger partial charge in [-0.15, -0.1) is 0 Å². The quantitative estimate of drug-likeness (QED) is 0.841. The summed E-state index contributed by atoms with van der Waals surface area (Å²) in [7, 11) is 0. The number of pyridine rings is 1. The van der Waals surface area contributed by atoms with E-state index in [1.807, 2.05) is 6.20 Å². The van der Waals surface area contributed by atoms with Gasteiger partial charge in [-0.05, 0) is 37.3 Å². The van der Waals surface area contributed by atoms with Crippen LogP contribution in [0.5, 0.6) is 0 Å². The molecule has 1 saturated heterocycles. The summed E-state index contributed by atoms with van der Waals surface area (Å²) in [6.45, 7) is 7.89. The Balaban J connectivity index is 1.87. The molecule has 0 spiro atoms. The van der Waals surface area contributed by atoms with Crippen molar-refractivity contribution in [3.63, 3.8) is 0 Å². The van der Waals surface area contributed by atoms with Crippen molar-refractivity contribution in [3.05, 3.63) is 18.3 Å². The summed E-state index contributed by atoms with van der Waals surface area (Å²) < 4.78 is 0. The van der Waals surface area contributed by atoms with E-state index in [-0.39, 0.29) is 0 Å². The van der Waals surface area contributed by atoms with Crippen LogP contribution in [0.1, 0.15) is 46.0 Å². The first-order chi connectivity index (χ1) is 9.33. The average Bonchev–Trinajstić information content (AvgIpc) is 2.50. The van der Waals surface area contributed by atoms with Crippen LogP contribution in [0, 0.1) is 5.92 Å². The van der Waals surface area contributed by atoms with Gasteiger partial charge in [0.15, 0.2) is 0 Å². The van der Waals surface area contributed by atoms with E-state index in [9.17, 15) is 0 Å². The number of rotatable bonds is 6. The molecule has 0 amide bonds. The van der Waals surface area contributed by atoms with Gasteiger partial charge < -0.3 is 10.2 Å². The molecular formula is C16H27N3. The summed E-state index contributed by atoms with van der Waals surface area (Å²) in [5.74, 6) is 1.90. The van der Waals surface area contributed by atoms with Gasteiger partial charge in [-0.2, -0.15) is 0 Å². The fourth-order valence-electron chi connectivity index (χ4n) is 2.64. The van der Waals surface area contributed by atoms with Gasteiger partial charge >= 0.3 is 0 Å². The Kier molecular flexibility index (Phi) is 5.49. The van der Waals surface area contributed by atoms with E-state index in [2.05, 4.69) is 41.2 Å². The maximum absolute atomic E-state index is 4.60. The second-order valence-electron chi connectivity index (χ2n) is 5.52. The molecule has 106 valence electrons. The summed E-state index contributed by atoms with van der Waals surface area (Å²) in [5.41, 5.74) is 1.15. The Morgan fingerprint density at radius 3 is 2.47 bits per heavy atom. The lowest BCUT2D eigenvalue weighted by Gasteiger charge is -2.27. The van der Waals surface area contributed by atoms with E-state index < -0.39 is 0 Å². The molecule has 0 radical (unpaired) electrons. The summed E-state index contributed by atoms with van der Waals surface area (Å²) in [5, 5.41) is 3.50. The summed E-state index contributed by atoms with van der Waals surface area (Å²) in [6, 6.07) is 4.32. The van der Waals surface area contributed by atoms with E-state index in [1.54, 1.807) is 0 Å². The predicted molar refractivity (Wildman–Crippen MR) is 82.9 cm³/mol. The summed E-state index contributed by atoms with van der Waals surface area (Å²) in [4.78, 5) is 6.99. The van der Waals surface area contributed by atoms with Gasteiger partial charge in [-0.25, -0.2) is 4.98 Å². The lowest BCUT2D eigenvalue weighted by atomic mass is 10.0. The molecule has 1 aliphatic heterocycles. The maximum Gasteiger partial charge on any atom is 0.128 e. The third-order valence-electron chi connectivity index (χ3n) is 4.18. The number of hydrogen-bond donors (Lipinski definition) is 1. The van der Waals surface area contributed by atoms with E-state index in [4.69, 9.17) is 0 Å². The minimum Gasteiger partial charge on any atom is -0.384 e. The highest BCUT2D eigenvalue weighted by Crippen LogP contribution is 2.19. The van der Waals surface area contributed by atoms with Gasteiger partial charge in [-0.3, -0.25) is 0 Å². The largest absolute Gasteiger partial charge is 0.384 e. The molecule has 2 heterocycles. The molecular weight excluding hydrogens is 234 g/mol. The molecule has 1 aromatic heterocycles. The van der Waals surface area contributed by atoms with E-state index >= 15 is 0 Å². The topological polar surface area (TPSA) is 28.2 Å². The fourth-order valence-corrected chi connectivity index (χ4v) is 2.64. The highest BCUT2D eigenvalue weighted by molar-refractivity contribution is 5.48. The van der Waals surface area contributed by atoms with E-state index in [0.717, 1.165) is 37.1 Å². The molecule has 2 rings (SSSR count). The molecule has 0 aromatic carbocycles. The van der Waals surface area contributed by atoms with Crippen molar-refractivity contribution >= 4 is 11.5 Å². The third kappa shape index (κ3) is 4.12. The monoisotopic (exact) mass is 261 g/mol. The minimum atomic E-state index is 0.766. The molecule has 1 aromatic rings. The Labute approximate surface area is 117 Å². The van der Waals surface area contributed by atoms with Crippen LogP contribution in [0.4, 0.5) is 11.5 Å². The first-order valence-electron chi connectivity index (χ1n) is 7.78. The van der Waals surface area contributed by atoms with Crippen LogP contribution in [0.15, 0.2) is 18.3 Å². The molecule has 1 fully saturated rings. The normalized spacial score (nSPS) is 15.8. The molecule has 0 saturated carbocycles. The maximum atomic E-state index is 4.60. The van der Waals surface area contributed by atoms with E-state index in [1.165, 1.54) is 32.1 Å². The lowest BCUT2D eigenvalue weighted by molar-refractivity contribution is 0.519. The standard InChI is InChI=1S/C16H27N3/c1-3-14(4-2)12-17-15-8-9-16(18-13-15)19-10-6-5-7-11-19/h8-9,13-14,17H,3-7,10-12H2,1-2H3. The van der Waals surface area contributed by atoms with Gasteiger partial charge in [0.25, 0.3) is 0 Å². The summed E-state index contributed by atoms with van der Waals surface area (Å²) in [6.07, 6.45) is 8.43. The first kappa shape index (κ1) is 14.2. The van der Waals surface area contributed by atoms with Gasteiger partial charge in [0.05, 0.1) is 11.9 Å². The van der Waals surface area contributed by atoms with Crippen LogP contribution < -0.4 is 10.2 Å². The second-order valence-corrected chi connectivity index (χ2v) is 5.52. The number of piperidine rings is 1. The van der Waals surface area contributed by atoms with Crippen LogP contribution in [0.3, 0.4) is 0 Å². The Hall–Kier alpha value is -1.25. The third-order valence-corrected chi connectivity index (χ3v) is 4.18. The lowest BCUT2D eigenvalue weighted by Crippen LogP contribution is -2.30. The van der Waals surface area contributed by atoms with Gasteiger partial charge in [0, 0.05) is 19.6 Å². The number of aromatic nitrogens is 1. The molecule has 0 aliphatic carbocycles. The first-order valence-corrected chi connectivity index (χ1v) is 7.78. The van der Waals surface area contributed by atoms with Crippen molar-refractivity contribution in [2.24, 2.45) is 5.92 Å². The van der Waals surface area contributed by atoms with Crippen LogP contribution >= 0.6 is 0 Å².